The highest BCUT2D eigenvalue weighted by Gasteiger charge is 2.22. The molecular formula is C18H35N3O. The van der Waals surface area contributed by atoms with Crippen LogP contribution in [0.1, 0.15) is 59.3 Å². The van der Waals surface area contributed by atoms with Crippen molar-refractivity contribution >= 4 is 5.91 Å². The molecule has 0 unspecified atom stereocenters. The van der Waals surface area contributed by atoms with Crippen LogP contribution in [0.5, 0.6) is 0 Å². The van der Waals surface area contributed by atoms with Gasteiger partial charge in [-0.25, -0.2) is 0 Å². The van der Waals surface area contributed by atoms with Gasteiger partial charge in [0.2, 0.25) is 5.91 Å². The van der Waals surface area contributed by atoms with Gasteiger partial charge in [0.1, 0.15) is 0 Å². The van der Waals surface area contributed by atoms with E-state index in [9.17, 15) is 4.79 Å². The predicted molar refractivity (Wildman–Crippen MR) is 92.0 cm³/mol. The third-order valence-corrected chi connectivity index (χ3v) is 4.98. The fourth-order valence-corrected chi connectivity index (χ4v) is 3.39. The lowest BCUT2D eigenvalue weighted by Gasteiger charge is -2.36. The summed E-state index contributed by atoms with van der Waals surface area (Å²) in [7, 11) is 0. The van der Waals surface area contributed by atoms with Crippen LogP contribution in [0.2, 0.25) is 0 Å². The molecule has 0 atom stereocenters. The maximum atomic E-state index is 12.2. The van der Waals surface area contributed by atoms with E-state index in [0.717, 1.165) is 26.2 Å². The number of hydrogen-bond acceptors (Lipinski definition) is 3. The summed E-state index contributed by atoms with van der Waals surface area (Å²) < 4.78 is 0. The number of rotatable bonds is 5. The highest BCUT2D eigenvalue weighted by atomic mass is 16.2. The van der Waals surface area contributed by atoms with E-state index in [-0.39, 0.29) is 5.91 Å². The molecule has 0 aromatic heterocycles. The van der Waals surface area contributed by atoms with Crippen molar-refractivity contribution in [1.82, 2.24) is 15.1 Å². The van der Waals surface area contributed by atoms with Crippen LogP contribution in [0.3, 0.4) is 0 Å². The predicted octanol–water partition coefficient (Wildman–Crippen LogP) is 2.49. The van der Waals surface area contributed by atoms with Crippen LogP contribution < -0.4 is 5.32 Å². The van der Waals surface area contributed by atoms with Crippen molar-refractivity contribution in [3.8, 4) is 0 Å². The van der Waals surface area contributed by atoms with Crippen LogP contribution >= 0.6 is 0 Å². The molecule has 2 rings (SSSR count). The molecule has 1 aliphatic heterocycles. The standard InChI is InChI=1S/C18H35N3O/c1-18(2,3)9-10-20-11-13-21(14-12-20)15-17(22)19-16-7-5-4-6-8-16/h16H,4-15H2,1-3H3,(H,19,22). The minimum Gasteiger partial charge on any atom is -0.352 e. The van der Waals surface area contributed by atoms with E-state index >= 15 is 0 Å². The van der Waals surface area contributed by atoms with E-state index in [1.54, 1.807) is 0 Å². The summed E-state index contributed by atoms with van der Waals surface area (Å²) in [5.41, 5.74) is 0.414. The summed E-state index contributed by atoms with van der Waals surface area (Å²) in [4.78, 5) is 17.0. The molecule has 2 fully saturated rings. The van der Waals surface area contributed by atoms with Gasteiger partial charge in [-0.3, -0.25) is 9.69 Å². The molecule has 0 aromatic carbocycles. The summed E-state index contributed by atoms with van der Waals surface area (Å²) in [6.45, 7) is 13.0. The third-order valence-electron chi connectivity index (χ3n) is 4.98. The largest absolute Gasteiger partial charge is 0.352 e. The highest BCUT2D eigenvalue weighted by Crippen LogP contribution is 2.19. The number of nitrogens with zero attached hydrogens (tertiary/aromatic N) is 2. The molecule has 0 spiro atoms. The van der Waals surface area contributed by atoms with Crippen LogP contribution in [0.4, 0.5) is 0 Å². The van der Waals surface area contributed by atoms with E-state index in [0.29, 0.717) is 18.0 Å². The quantitative estimate of drug-likeness (QED) is 0.847. The van der Waals surface area contributed by atoms with Crippen molar-refractivity contribution in [3.63, 3.8) is 0 Å². The molecule has 0 bridgehead atoms. The van der Waals surface area contributed by atoms with Crippen LogP contribution in [-0.4, -0.2) is 61.0 Å². The number of carbonyl (C=O) groups is 1. The SMILES string of the molecule is CC(C)(C)CCN1CCN(CC(=O)NC2CCCCC2)CC1. The van der Waals surface area contributed by atoms with Gasteiger partial charge in [-0.15, -0.1) is 0 Å². The molecule has 1 saturated heterocycles. The molecule has 1 N–H and O–H groups in total. The maximum absolute atomic E-state index is 12.2. The molecule has 1 saturated carbocycles. The molecule has 1 aliphatic carbocycles. The summed E-state index contributed by atoms with van der Waals surface area (Å²) in [5, 5.41) is 3.23. The summed E-state index contributed by atoms with van der Waals surface area (Å²) in [6, 6.07) is 0.439. The summed E-state index contributed by atoms with van der Waals surface area (Å²) in [5.74, 6) is 0.232. The molecule has 1 amide bonds. The Balaban J connectivity index is 1.61. The maximum Gasteiger partial charge on any atom is 0.234 e. The zero-order valence-corrected chi connectivity index (χ0v) is 14.9. The van der Waals surface area contributed by atoms with E-state index in [1.165, 1.54) is 45.1 Å². The van der Waals surface area contributed by atoms with Crippen LogP contribution in [0, 0.1) is 5.41 Å². The zero-order valence-electron chi connectivity index (χ0n) is 14.9. The minimum absolute atomic E-state index is 0.232. The molecule has 4 nitrogen and oxygen atoms in total. The van der Waals surface area contributed by atoms with E-state index in [1.807, 2.05) is 0 Å². The highest BCUT2D eigenvalue weighted by molar-refractivity contribution is 5.78. The lowest BCUT2D eigenvalue weighted by molar-refractivity contribution is -0.123. The van der Waals surface area contributed by atoms with Gasteiger partial charge in [-0.2, -0.15) is 0 Å². The third kappa shape index (κ3) is 6.66. The van der Waals surface area contributed by atoms with Crippen molar-refractivity contribution in [2.75, 3.05) is 39.3 Å². The van der Waals surface area contributed by atoms with E-state index < -0.39 is 0 Å². The number of piperazine rings is 1. The average molecular weight is 309 g/mol. The Morgan fingerprint density at radius 1 is 1.00 bits per heavy atom. The molecular weight excluding hydrogens is 274 g/mol. The van der Waals surface area contributed by atoms with Crippen molar-refractivity contribution in [2.45, 2.75) is 65.3 Å². The minimum atomic E-state index is 0.232. The number of hydrogen-bond donors (Lipinski definition) is 1. The van der Waals surface area contributed by atoms with Crippen molar-refractivity contribution in [2.24, 2.45) is 5.41 Å². The van der Waals surface area contributed by atoms with Gasteiger partial charge in [0, 0.05) is 32.2 Å². The smallest absolute Gasteiger partial charge is 0.234 e. The lowest BCUT2D eigenvalue weighted by Crippen LogP contribution is -2.51. The summed E-state index contributed by atoms with van der Waals surface area (Å²) >= 11 is 0. The van der Waals surface area contributed by atoms with Gasteiger partial charge in [-0.05, 0) is 31.2 Å². The molecule has 128 valence electrons. The first kappa shape index (κ1) is 17.7. The second-order valence-electron chi connectivity index (χ2n) is 8.33. The Morgan fingerprint density at radius 2 is 1.59 bits per heavy atom. The fourth-order valence-electron chi connectivity index (χ4n) is 3.39. The number of nitrogens with one attached hydrogen (secondary N) is 1. The second-order valence-corrected chi connectivity index (χ2v) is 8.33. The molecule has 0 radical (unpaired) electrons. The molecule has 0 aromatic rings. The topological polar surface area (TPSA) is 35.6 Å². The van der Waals surface area contributed by atoms with Crippen molar-refractivity contribution in [3.05, 3.63) is 0 Å². The van der Waals surface area contributed by atoms with Gasteiger partial charge in [0.05, 0.1) is 6.54 Å². The van der Waals surface area contributed by atoms with Gasteiger partial charge in [-0.1, -0.05) is 40.0 Å². The Labute approximate surface area is 136 Å². The molecule has 2 aliphatic rings. The molecule has 4 heteroatoms. The van der Waals surface area contributed by atoms with Gasteiger partial charge in [0.25, 0.3) is 0 Å². The van der Waals surface area contributed by atoms with Crippen LogP contribution in [-0.2, 0) is 4.79 Å². The van der Waals surface area contributed by atoms with Gasteiger partial charge < -0.3 is 10.2 Å². The van der Waals surface area contributed by atoms with Crippen molar-refractivity contribution < 1.29 is 4.79 Å². The first-order valence-electron chi connectivity index (χ1n) is 9.16. The Hall–Kier alpha value is -0.610. The molecule has 1 heterocycles. The molecule has 22 heavy (non-hydrogen) atoms. The number of amides is 1. The Morgan fingerprint density at radius 3 is 2.18 bits per heavy atom. The lowest BCUT2D eigenvalue weighted by atomic mass is 9.92. The second kappa shape index (κ2) is 8.30. The number of carbonyl (C=O) groups excluding carboxylic acids is 1. The first-order valence-corrected chi connectivity index (χ1v) is 9.16. The van der Waals surface area contributed by atoms with Gasteiger partial charge >= 0.3 is 0 Å². The van der Waals surface area contributed by atoms with Crippen molar-refractivity contribution in [1.29, 1.82) is 0 Å². The normalized spacial score (nSPS) is 22.7. The van der Waals surface area contributed by atoms with E-state index in [2.05, 4.69) is 35.9 Å². The Bertz CT molecular complexity index is 337. The first-order chi connectivity index (χ1) is 10.4. The monoisotopic (exact) mass is 309 g/mol. The average Bonchev–Trinajstić information content (AvgIpc) is 2.47. The fraction of sp³-hybridized carbons (Fsp3) is 0.944. The zero-order chi connectivity index (χ0) is 16.0. The summed E-state index contributed by atoms with van der Waals surface area (Å²) in [6.07, 6.45) is 7.48. The van der Waals surface area contributed by atoms with E-state index in [4.69, 9.17) is 0 Å². The van der Waals surface area contributed by atoms with Crippen LogP contribution in [0.15, 0.2) is 0 Å². The Kier molecular flexibility index (Phi) is 6.69. The van der Waals surface area contributed by atoms with Gasteiger partial charge in [0.15, 0.2) is 0 Å². The van der Waals surface area contributed by atoms with Crippen LogP contribution in [0.25, 0.3) is 0 Å².